The van der Waals surface area contributed by atoms with Crippen molar-refractivity contribution < 1.29 is 9.18 Å². The zero-order valence-electron chi connectivity index (χ0n) is 14.0. The van der Waals surface area contributed by atoms with Crippen LogP contribution in [0.3, 0.4) is 0 Å². The molecule has 1 N–H and O–H groups in total. The second kappa shape index (κ2) is 8.19. The molecule has 130 valence electrons. The number of aromatic nitrogens is 2. The summed E-state index contributed by atoms with van der Waals surface area (Å²) in [6, 6.07) is 2.94. The summed E-state index contributed by atoms with van der Waals surface area (Å²) in [6.45, 7) is 4.19. The molecular formula is C18H19FN4OS. The van der Waals surface area contributed by atoms with Crippen LogP contribution in [0.2, 0.25) is 0 Å². The highest BCUT2D eigenvalue weighted by molar-refractivity contribution is 7.15. The SMILES string of the molecule is CC(=O)Nc1ncc(CN2CCC(C#Cc3ncccc3F)CC2)s1. The molecule has 0 atom stereocenters. The minimum atomic E-state index is -0.368. The Morgan fingerprint density at radius 2 is 2.24 bits per heavy atom. The number of hydrogen-bond acceptors (Lipinski definition) is 5. The number of hydrogen-bond donors (Lipinski definition) is 1. The molecule has 1 amide bonds. The number of amides is 1. The van der Waals surface area contributed by atoms with E-state index in [0.717, 1.165) is 37.4 Å². The van der Waals surface area contributed by atoms with E-state index in [1.165, 1.54) is 24.3 Å². The predicted octanol–water partition coefficient (Wildman–Crippen LogP) is 2.90. The number of nitrogens with one attached hydrogen (secondary N) is 1. The minimum Gasteiger partial charge on any atom is -0.302 e. The molecule has 0 spiro atoms. The maximum Gasteiger partial charge on any atom is 0.223 e. The lowest BCUT2D eigenvalue weighted by Gasteiger charge is -2.29. The fraction of sp³-hybridized carbons (Fsp3) is 0.389. The number of carbonyl (C=O) groups excluding carboxylic acids is 1. The van der Waals surface area contributed by atoms with Crippen molar-refractivity contribution in [2.75, 3.05) is 18.4 Å². The summed E-state index contributed by atoms with van der Waals surface area (Å²) >= 11 is 1.50. The fourth-order valence-electron chi connectivity index (χ4n) is 2.69. The van der Waals surface area contributed by atoms with Gasteiger partial charge in [-0.15, -0.1) is 11.3 Å². The molecule has 0 aliphatic carbocycles. The van der Waals surface area contributed by atoms with Gasteiger partial charge in [0.1, 0.15) is 5.69 Å². The molecule has 0 radical (unpaired) electrons. The highest BCUT2D eigenvalue weighted by Crippen LogP contribution is 2.23. The summed E-state index contributed by atoms with van der Waals surface area (Å²) in [7, 11) is 0. The second-order valence-electron chi connectivity index (χ2n) is 5.97. The van der Waals surface area contributed by atoms with E-state index in [0.29, 0.717) is 5.13 Å². The van der Waals surface area contributed by atoms with Crippen LogP contribution in [0.4, 0.5) is 9.52 Å². The minimum absolute atomic E-state index is 0.107. The Morgan fingerprint density at radius 1 is 1.44 bits per heavy atom. The smallest absolute Gasteiger partial charge is 0.223 e. The first-order valence-electron chi connectivity index (χ1n) is 8.17. The molecule has 25 heavy (non-hydrogen) atoms. The van der Waals surface area contributed by atoms with Crippen LogP contribution in [0.5, 0.6) is 0 Å². The second-order valence-corrected chi connectivity index (χ2v) is 7.08. The summed E-state index contributed by atoms with van der Waals surface area (Å²) in [5.74, 6) is 5.82. The Morgan fingerprint density at radius 3 is 2.96 bits per heavy atom. The summed E-state index contributed by atoms with van der Waals surface area (Å²) in [5, 5.41) is 3.34. The first kappa shape index (κ1) is 17.5. The Bertz CT molecular complexity index is 803. The third-order valence-corrected chi connectivity index (χ3v) is 4.85. The number of pyridine rings is 1. The van der Waals surface area contributed by atoms with E-state index >= 15 is 0 Å². The molecule has 2 aromatic rings. The van der Waals surface area contributed by atoms with E-state index in [1.807, 2.05) is 6.20 Å². The van der Waals surface area contributed by atoms with E-state index < -0.39 is 0 Å². The molecule has 2 aromatic heterocycles. The molecule has 1 aliphatic heterocycles. The number of likely N-dealkylation sites (tertiary alicyclic amines) is 1. The van der Waals surface area contributed by atoms with Gasteiger partial charge in [-0.25, -0.2) is 14.4 Å². The van der Waals surface area contributed by atoms with E-state index in [2.05, 4.69) is 32.0 Å². The Hall–Kier alpha value is -2.30. The van der Waals surface area contributed by atoms with Crippen molar-refractivity contribution in [2.45, 2.75) is 26.3 Å². The largest absolute Gasteiger partial charge is 0.302 e. The van der Waals surface area contributed by atoms with Crippen LogP contribution in [0, 0.1) is 23.6 Å². The monoisotopic (exact) mass is 358 g/mol. The van der Waals surface area contributed by atoms with Gasteiger partial charge in [-0.1, -0.05) is 5.92 Å². The van der Waals surface area contributed by atoms with E-state index in [4.69, 9.17) is 0 Å². The molecule has 0 aromatic carbocycles. The van der Waals surface area contributed by atoms with E-state index in [9.17, 15) is 9.18 Å². The fourth-order valence-corrected chi connectivity index (χ4v) is 3.59. The van der Waals surface area contributed by atoms with Crippen LogP contribution < -0.4 is 5.32 Å². The molecule has 1 fully saturated rings. The molecule has 0 bridgehead atoms. The number of piperidine rings is 1. The Labute approximate surface area is 150 Å². The summed E-state index contributed by atoms with van der Waals surface area (Å²) in [6.07, 6.45) is 5.28. The maximum atomic E-state index is 13.5. The number of carbonyl (C=O) groups is 1. The highest BCUT2D eigenvalue weighted by atomic mass is 32.1. The number of halogens is 1. The van der Waals surface area contributed by atoms with Crippen molar-refractivity contribution in [3.63, 3.8) is 0 Å². The average Bonchev–Trinajstić information content (AvgIpc) is 3.01. The molecule has 7 heteroatoms. The van der Waals surface area contributed by atoms with Crippen LogP contribution >= 0.6 is 11.3 Å². The van der Waals surface area contributed by atoms with Crippen molar-refractivity contribution in [1.82, 2.24) is 14.9 Å². The van der Waals surface area contributed by atoms with Gasteiger partial charge >= 0.3 is 0 Å². The van der Waals surface area contributed by atoms with Crippen LogP contribution in [0.25, 0.3) is 0 Å². The molecule has 3 rings (SSSR count). The molecule has 1 aliphatic rings. The Kier molecular flexibility index (Phi) is 5.74. The first-order chi connectivity index (χ1) is 12.1. The lowest BCUT2D eigenvalue weighted by Crippen LogP contribution is -2.32. The number of nitrogens with zero attached hydrogens (tertiary/aromatic N) is 3. The zero-order valence-corrected chi connectivity index (χ0v) is 14.8. The molecule has 1 saturated heterocycles. The summed E-state index contributed by atoms with van der Waals surface area (Å²) in [4.78, 5) is 22.7. The predicted molar refractivity (Wildman–Crippen MR) is 95.5 cm³/mol. The third kappa shape index (κ3) is 5.08. The van der Waals surface area contributed by atoms with Gasteiger partial charge in [0, 0.05) is 36.7 Å². The number of thiazole rings is 1. The standard InChI is InChI=1S/C18H19FN4OS/c1-13(24)22-18-21-11-15(25-18)12-23-9-6-14(7-10-23)4-5-17-16(19)3-2-8-20-17/h2-3,8,11,14H,6-7,9-10,12H2,1H3,(H,21,22,24). The van der Waals surface area contributed by atoms with Crippen molar-refractivity contribution >= 4 is 22.4 Å². The van der Waals surface area contributed by atoms with Crippen LogP contribution in [-0.2, 0) is 11.3 Å². The van der Waals surface area contributed by atoms with Gasteiger partial charge in [-0.05, 0) is 44.0 Å². The van der Waals surface area contributed by atoms with Gasteiger partial charge in [0.2, 0.25) is 5.91 Å². The van der Waals surface area contributed by atoms with E-state index in [-0.39, 0.29) is 23.3 Å². The van der Waals surface area contributed by atoms with Crippen molar-refractivity contribution in [2.24, 2.45) is 5.92 Å². The van der Waals surface area contributed by atoms with Gasteiger partial charge in [-0.3, -0.25) is 9.69 Å². The molecule has 0 unspecified atom stereocenters. The van der Waals surface area contributed by atoms with Gasteiger partial charge < -0.3 is 5.32 Å². The lowest BCUT2D eigenvalue weighted by molar-refractivity contribution is -0.114. The van der Waals surface area contributed by atoms with Crippen LogP contribution in [0.15, 0.2) is 24.5 Å². The topological polar surface area (TPSA) is 58.1 Å². The third-order valence-electron chi connectivity index (χ3n) is 3.96. The number of anilines is 1. The van der Waals surface area contributed by atoms with Crippen LogP contribution in [0.1, 0.15) is 30.3 Å². The summed E-state index contributed by atoms with van der Waals surface area (Å²) < 4.78 is 13.5. The highest BCUT2D eigenvalue weighted by Gasteiger charge is 2.18. The average molecular weight is 358 g/mol. The lowest BCUT2D eigenvalue weighted by atomic mass is 9.97. The summed E-state index contributed by atoms with van der Waals surface area (Å²) in [5.41, 5.74) is 0.222. The normalized spacial score (nSPS) is 15.4. The molecule has 3 heterocycles. The number of rotatable bonds is 3. The van der Waals surface area contributed by atoms with Crippen molar-refractivity contribution in [3.8, 4) is 11.8 Å². The first-order valence-corrected chi connectivity index (χ1v) is 8.98. The van der Waals surface area contributed by atoms with Gasteiger partial charge in [0.05, 0.1) is 0 Å². The zero-order chi connectivity index (χ0) is 17.6. The van der Waals surface area contributed by atoms with Gasteiger partial charge in [0.15, 0.2) is 10.9 Å². The van der Waals surface area contributed by atoms with Crippen molar-refractivity contribution in [1.29, 1.82) is 0 Å². The van der Waals surface area contributed by atoms with Gasteiger partial charge in [-0.2, -0.15) is 0 Å². The molecule has 5 nitrogen and oxygen atoms in total. The van der Waals surface area contributed by atoms with Crippen molar-refractivity contribution in [3.05, 3.63) is 40.9 Å². The molecular weight excluding hydrogens is 339 g/mol. The van der Waals surface area contributed by atoms with E-state index in [1.54, 1.807) is 12.3 Å². The van der Waals surface area contributed by atoms with Crippen LogP contribution in [-0.4, -0.2) is 33.9 Å². The quantitative estimate of drug-likeness (QED) is 0.857. The molecule has 0 saturated carbocycles. The Balaban J connectivity index is 1.50. The maximum absolute atomic E-state index is 13.5. The van der Waals surface area contributed by atoms with Gasteiger partial charge in [0.25, 0.3) is 0 Å².